The normalized spacial score (nSPS) is 23.1. The van der Waals surface area contributed by atoms with Crippen molar-refractivity contribution in [2.45, 2.75) is 51.9 Å². The first-order chi connectivity index (χ1) is 10.8. The second-order valence-corrected chi connectivity index (χ2v) is 7.09. The number of benzene rings is 1. The van der Waals surface area contributed by atoms with E-state index in [1.54, 1.807) is 7.11 Å². The minimum absolute atomic E-state index is 0.210. The van der Waals surface area contributed by atoms with E-state index in [4.69, 9.17) is 4.74 Å². The van der Waals surface area contributed by atoms with E-state index in [0.717, 1.165) is 40.0 Å². The summed E-state index contributed by atoms with van der Waals surface area (Å²) in [5.41, 5.74) is 4.32. The van der Waals surface area contributed by atoms with Crippen LogP contribution in [0.25, 0.3) is 6.08 Å². The molecule has 0 amide bonds. The van der Waals surface area contributed by atoms with Gasteiger partial charge in [0, 0.05) is 28.5 Å². The summed E-state index contributed by atoms with van der Waals surface area (Å²) in [5, 5.41) is 10.8. The van der Waals surface area contributed by atoms with Gasteiger partial charge in [-0.2, -0.15) is 0 Å². The number of ketones is 1. The predicted molar refractivity (Wildman–Crippen MR) is 92.1 cm³/mol. The Morgan fingerprint density at radius 1 is 1.30 bits per heavy atom. The van der Waals surface area contributed by atoms with E-state index in [1.807, 2.05) is 25.1 Å². The van der Waals surface area contributed by atoms with Crippen molar-refractivity contribution in [3.63, 3.8) is 0 Å². The van der Waals surface area contributed by atoms with Crippen molar-refractivity contribution in [2.75, 3.05) is 7.11 Å². The summed E-state index contributed by atoms with van der Waals surface area (Å²) in [6, 6.07) is 1.95. The number of carbonyl (C=O) groups is 1. The van der Waals surface area contributed by atoms with E-state index in [1.165, 1.54) is 0 Å². The summed E-state index contributed by atoms with van der Waals surface area (Å²) in [4.78, 5) is 12.1. The Morgan fingerprint density at radius 2 is 2.00 bits per heavy atom. The topological polar surface area (TPSA) is 46.5 Å². The van der Waals surface area contributed by atoms with Crippen LogP contribution in [0.1, 0.15) is 63.1 Å². The average Bonchev–Trinajstić information content (AvgIpc) is 2.51. The van der Waals surface area contributed by atoms with E-state index >= 15 is 0 Å². The van der Waals surface area contributed by atoms with Gasteiger partial charge in [-0.1, -0.05) is 32.9 Å². The second-order valence-electron chi connectivity index (χ2n) is 7.09. The molecule has 0 saturated heterocycles. The highest BCUT2D eigenvalue weighted by Gasteiger charge is 2.42. The van der Waals surface area contributed by atoms with E-state index < -0.39 is 0 Å². The fraction of sp³-hybridized carbons (Fsp3) is 0.450. The Labute approximate surface area is 137 Å². The molecule has 0 aromatic heterocycles. The SMILES string of the molecule is COc1cc(C(C)C)c(O)c2c1[C@@]1(C)CCC(=O)C(C)=C1C=C2. The summed E-state index contributed by atoms with van der Waals surface area (Å²) in [6.07, 6.45) is 5.21. The van der Waals surface area contributed by atoms with Crippen molar-refractivity contribution < 1.29 is 14.6 Å². The highest BCUT2D eigenvalue weighted by Crippen LogP contribution is 2.53. The average molecular weight is 312 g/mol. The van der Waals surface area contributed by atoms with Crippen LogP contribution < -0.4 is 4.74 Å². The van der Waals surface area contributed by atoms with Crippen LogP contribution in [0.15, 0.2) is 23.3 Å². The zero-order valence-electron chi connectivity index (χ0n) is 14.5. The molecule has 23 heavy (non-hydrogen) atoms. The zero-order chi connectivity index (χ0) is 16.9. The molecular weight excluding hydrogens is 288 g/mol. The first-order valence-corrected chi connectivity index (χ1v) is 8.18. The number of hydrogen-bond acceptors (Lipinski definition) is 3. The van der Waals surface area contributed by atoms with Crippen molar-refractivity contribution in [3.05, 3.63) is 40.0 Å². The third-order valence-corrected chi connectivity index (χ3v) is 5.41. The summed E-state index contributed by atoms with van der Waals surface area (Å²) in [7, 11) is 1.67. The smallest absolute Gasteiger partial charge is 0.158 e. The van der Waals surface area contributed by atoms with Gasteiger partial charge in [-0.25, -0.2) is 0 Å². The number of methoxy groups -OCH3 is 1. The number of ether oxygens (including phenoxy) is 1. The van der Waals surface area contributed by atoms with Gasteiger partial charge in [0.15, 0.2) is 5.78 Å². The molecule has 0 bridgehead atoms. The number of allylic oxidation sites excluding steroid dienone is 3. The first kappa shape index (κ1) is 15.9. The van der Waals surface area contributed by atoms with Gasteiger partial charge in [-0.3, -0.25) is 4.79 Å². The van der Waals surface area contributed by atoms with Crippen LogP contribution in [0.2, 0.25) is 0 Å². The molecule has 3 heteroatoms. The van der Waals surface area contributed by atoms with Crippen LogP contribution in [0.3, 0.4) is 0 Å². The standard InChI is InChI=1S/C20H24O3/c1-11(2)14-10-17(23-5)18-13(19(14)22)6-7-15-12(3)16(21)8-9-20(15,18)4/h6-7,10-11,22H,8-9H2,1-5H3/t20-/m0/s1. The maximum Gasteiger partial charge on any atom is 0.158 e. The van der Waals surface area contributed by atoms with E-state index in [0.29, 0.717) is 12.2 Å². The van der Waals surface area contributed by atoms with Crippen molar-refractivity contribution in [1.82, 2.24) is 0 Å². The van der Waals surface area contributed by atoms with E-state index in [9.17, 15) is 9.90 Å². The molecular formula is C20H24O3. The summed E-state index contributed by atoms with van der Waals surface area (Å²) in [5.74, 6) is 1.56. The molecule has 1 aromatic rings. The van der Waals surface area contributed by atoms with Gasteiger partial charge >= 0.3 is 0 Å². The lowest BCUT2D eigenvalue weighted by Gasteiger charge is -2.41. The van der Waals surface area contributed by atoms with E-state index in [-0.39, 0.29) is 17.1 Å². The molecule has 0 heterocycles. The molecule has 122 valence electrons. The fourth-order valence-corrected chi connectivity index (χ4v) is 4.01. The lowest BCUT2D eigenvalue weighted by atomic mass is 9.63. The van der Waals surface area contributed by atoms with Crippen molar-refractivity contribution in [1.29, 1.82) is 0 Å². The molecule has 1 N–H and O–H groups in total. The van der Waals surface area contributed by atoms with Crippen molar-refractivity contribution >= 4 is 11.9 Å². The van der Waals surface area contributed by atoms with Gasteiger partial charge in [0.1, 0.15) is 11.5 Å². The minimum Gasteiger partial charge on any atom is -0.507 e. The van der Waals surface area contributed by atoms with Crippen molar-refractivity contribution in [3.8, 4) is 11.5 Å². The molecule has 0 unspecified atom stereocenters. The van der Waals surface area contributed by atoms with Crippen LogP contribution in [-0.2, 0) is 10.2 Å². The number of phenols is 1. The number of phenolic OH excluding ortho intramolecular Hbond substituents is 1. The number of aromatic hydroxyl groups is 1. The summed E-state index contributed by atoms with van der Waals surface area (Å²) >= 11 is 0. The molecule has 0 fully saturated rings. The number of fused-ring (bicyclic) bond motifs is 3. The Hall–Kier alpha value is -2.03. The van der Waals surface area contributed by atoms with Gasteiger partial charge in [-0.05, 0) is 36.5 Å². The molecule has 0 aliphatic heterocycles. The van der Waals surface area contributed by atoms with Crippen molar-refractivity contribution in [2.24, 2.45) is 0 Å². The molecule has 3 rings (SSSR count). The highest BCUT2D eigenvalue weighted by molar-refractivity contribution is 5.99. The third kappa shape index (κ3) is 2.13. The summed E-state index contributed by atoms with van der Waals surface area (Å²) < 4.78 is 5.68. The maximum absolute atomic E-state index is 12.1. The zero-order valence-corrected chi connectivity index (χ0v) is 14.5. The van der Waals surface area contributed by atoms with Crippen LogP contribution in [0.4, 0.5) is 0 Å². The fourth-order valence-electron chi connectivity index (χ4n) is 4.01. The maximum atomic E-state index is 12.1. The minimum atomic E-state index is -0.291. The quantitative estimate of drug-likeness (QED) is 0.875. The second kappa shape index (κ2) is 5.26. The Morgan fingerprint density at radius 3 is 2.61 bits per heavy atom. The largest absolute Gasteiger partial charge is 0.507 e. The van der Waals surface area contributed by atoms with Crippen LogP contribution in [0.5, 0.6) is 11.5 Å². The summed E-state index contributed by atoms with van der Waals surface area (Å²) in [6.45, 7) is 8.17. The molecule has 2 aliphatic carbocycles. The Bertz CT molecular complexity index is 753. The molecule has 2 aliphatic rings. The monoisotopic (exact) mass is 312 g/mol. The van der Waals surface area contributed by atoms with Crippen LogP contribution in [0, 0.1) is 0 Å². The number of hydrogen-bond donors (Lipinski definition) is 1. The lowest BCUT2D eigenvalue weighted by molar-refractivity contribution is -0.116. The molecule has 1 aromatic carbocycles. The number of carbonyl (C=O) groups excluding carboxylic acids is 1. The Balaban J connectivity index is 2.36. The van der Waals surface area contributed by atoms with Gasteiger partial charge in [-0.15, -0.1) is 0 Å². The van der Waals surface area contributed by atoms with Gasteiger partial charge < -0.3 is 9.84 Å². The third-order valence-electron chi connectivity index (χ3n) is 5.41. The van der Waals surface area contributed by atoms with Gasteiger partial charge in [0.05, 0.1) is 7.11 Å². The van der Waals surface area contributed by atoms with Crippen LogP contribution >= 0.6 is 0 Å². The molecule has 0 saturated carbocycles. The molecule has 0 radical (unpaired) electrons. The lowest BCUT2D eigenvalue weighted by Crippen LogP contribution is -2.34. The number of Topliss-reactive ketones (excluding diaryl/α,β-unsaturated/α-hetero) is 1. The van der Waals surface area contributed by atoms with E-state index in [2.05, 4.69) is 20.8 Å². The number of rotatable bonds is 2. The Kier molecular flexibility index (Phi) is 3.62. The van der Waals surface area contributed by atoms with Gasteiger partial charge in [0.25, 0.3) is 0 Å². The molecule has 3 nitrogen and oxygen atoms in total. The van der Waals surface area contributed by atoms with Crippen LogP contribution in [-0.4, -0.2) is 18.0 Å². The predicted octanol–water partition coefficient (Wildman–Crippen LogP) is 4.49. The molecule has 1 atom stereocenters. The first-order valence-electron chi connectivity index (χ1n) is 8.18. The highest BCUT2D eigenvalue weighted by atomic mass is 16.5. The van der Waals surface area contributed by atoms with Gasteiger partial charge in [0.2, 0.25) is 0 Å². The molecule has 0 spiro atoms.